The summed E-state index contributed by atoms with van der Waals surface area (Å²) in [6, 6.07) is 7.38. The van der Waals surface area contributed by atoms with Crippen molar-refractivity contribution < 1.29 is 23.9 Å². The first-order chi connectivity index (χ1) is 11.0. The van der Waals surface area contributed by atoms with E-state index in [2.05, 4.69) is 4.74 Å². The average molecular weight is 333 g/mol. The monoisotopic (exact) mass is 333 g/mol. The van der Waals surface area contributed by atoms with Gasteiger partial charge in [0, 0.05) is 0 Å². The Balaban J connectivity index is 2.04. The minimum atomic E-state index is -0.637. The number of carbonyl (C=O) groups excluding carboxylic acids is 3. The van der Waals surface area contributed by atoms with Crippen LogP contribution in [0.2, 0.25) is 0 Å². The van der Waals surface area contributed by atoms with Crippen LogP contribution < -0.4 is 4.74 Å². The fourth-order valence-corrected chi connectivity index (χ4v) is 2.60. The molecule has 23 heavy (non-hydrogen) atoms. The molecule has 2 rings (SSSR count). The summed E-state index contributed by atoms with van der Waals surface area (Å²) in [5.41, 5.74) is 0.927. The van der Waals surface area contributed by atoms with Crippen LogP contribution in [0.1, 0.15) is 5.56 Å². The number of methoxy groups -OCH3 is 2. The second-order valence-electron chi connectivity index (χ2n) is 4.50. The van der Waals surface area contributed by atoms with E-state index in [4.69, 9.17) is 4.74 Å². The molecule has 0 spiro atoms. The van der Waals surface area contributed by atoms with Crippen LogP contribution in [0.4, 0.5) is 4.79 Å². The number of amides is 2. The maximum atomic E-state index is 12.1. The highest BCUT2D eigenvalue weighted by atomic mass is 32.2. The van der Waals surface area contributed by atoms with Gasteiger partial charge in [0.15, 0.2) is 0 Å². The standard InChI is InChI=1S/C16H15NO5S/c1-21-12-8-6-11(7-9-12)4-3-5-13-15(19)17(16(20)23-13)10-14(18)22-2/h3-9H,10H2,1-2H3. The third kappa shape index (κ3) is 4.23. The van der Waals surface area contributed by atoms with Crippen LogP contribution >= 0.6 is 11.8 Å². The van der Waals surface area contributed by atoms with Crippen LogP contribution in [0.3, 0.4) is 0 Å². The summed E-state index contributed by atoms with van der Waals surface area (Å²) < 4.78 is 9.53. The molecule has 0 bridgehead atoms. The summed E-state index contributed by atoms with van der Waals surface area (Å²) in [6.07, 6.45) is 5.02. The summed E-state index contributed by atoms with van der Waals surface area (Å²) in [5, 5.41) is -0.482. The molecule has 0 aromatic heterocycles. The Morgan fingerprint density at radius 1 is 1.22 bits per heavy atom. The van der Waals surface area contributed by atoms with Gasteiger partial charge >= 0.3 is 5.97 Å². The van der Waals surface area contributed by atoms with E-state index in [9.17, 15) is 14.4 Å². The van der Waals surface area contributed by atoms with Crippen LogP contribution in [0.15, 0.2) is 41.3 Å². The zero-order chi connectivity index (χ0) is 16.8. The SMILES string of the molecule is COC(=O)CN1C(=O)SC(=CC=Cc2ccc(OC)cc2)C1=O. The smallest absolute Gasteiger partial charge is 0.325 e. The molecule has 0 aliphatic carbocycles. The molecule has 0 saturated carbocycles. The van der Waals surface area contributed by atoms with Crippen LogP contribution in [0.5, 0.6) is 5.75 Å². The number of hydrogen-bond acceptors (Lipinski definition) is 6. The second-order valence-corrected chi connectivity index (χ2v) is 5.49. The Morgan fingerprint density at radius 3 is 2.52 bits per heavy atom. The number of nitrogens with zero attached hydrogens (tertiary/aromatic N) is 1. The molecule has 6 nitrogen and oxygen atoms in total. The van der Waals surface area contributed by atoms with Gasteiger partial charge in [-0.3, -0.25) is 19.3 Å². The molecule has 1 aliphatic rings. The molecule has 0 N–H and O–H groups in total. The number of thioether (sulfide) groups is 1. The van der Waals surface area contributed by atoms with Gasteiger partial charge in [-0.25, -0.2) is 0 Å². The Hall–Kier alpha value is -2.54. The first-order valence-electron chi connectivity index (χ1n) is 6.68. The van der Waals surface area contributed by atoms with Crippen molar-refractivity contribution in [3.8, 4) is 5.75 Å². The van der Waals surface area contributed by atoms with Crippen molar-refractivity contribution in [3.05, 3.63) is 46.9 Å². The molecular formula is C16H15NO5S. The maximum absolute atomic E-state index is 12.1. The second kappa shape index (κ2) is 7.64. The van der Waals surface area contributed by atoms with Gasteiger partial charge in [0.25, 0.3) is 11.1 Å². The minimum Gasteiger partial charge on any atom is -0.497 e. The zero-order valence-corrected chi connectivity index (χ0v) is 13.5. The number of hydrogen-bond donors (Lipinski definition) is 0. The van der Waals surface area contributed by atoms with E-state index in [0.29, 0.717) is 0 Å². The number of carbonyl (C=O) groups is 3. The van der Waals surface area contributed by atoms with Crippen LogP contribution in [-0.2, 0) is 14.3 Å². The molecule has 0 radical (unpaired) electrons. The third-order valence-corrected chi connectivity index (χ3v) is 3.97. The van der Waals surface area contributed by atoms with E-state index in [-0.39, 0.29) is 11.4 Å². The van der Waals surface area contributed by atoms with Gasteiger partial charge in [-0.1, -0.05) is 24.3 Å². The molecule has 1 saturated heterocycles. The van der Waals surface area contributed by atoms with Crippen LogP contribution in [-0.4, -0.2) is 42.8 Å². The van der Waals surface area contributed by atoms with Crippen LogP contribution in [0, 0.1) is 0 Å². The molecular weight excluding hydrogens is 318 g/mol. The first kappa shape index (κ1) is 16.8. The maximum Gasteiger partial charge on any atom is 0.325 e. The quantitative estimate of drug-likeness (QED) is 0.609. The predicted molar refractivity (Wildman–Crippen MR) is 86.8 cm³/mol. The highest BCUT2D eigenvalue weighted by Crippen LogP contribution is 2.30. The number of imide groups is 1. The van der Waals surface area contributed by atoms with Crippen molar-refractivity contribution in [2.24, 2.45) is 0 Å². The van der Waals surface area contributed by atoms with E-state index in [0.717, 1.165) is 28.0 Å². The average Bonchev–Trinajstić information content (AvgIpc) is 2.83. The minimum absolute atomic E-state index is 0.267. The fourth-order valence-electron chi connectivity index (χ4n) is 1.81. The highest BCUT2D eigenvalue weighted by molar-refractivity contribution is 8.18. The topological polar surface area (TPSA) is 72.9 Å². The zero-order valence-electron chi connectivity index (χ0n) is 12.6. The lowest BCUT2D eigenvalue weighted by Crippen LogP contribution is -2.34. The molecule has 0 atom stereocenters. The Labute approximate surface area is 137 Å². The number of rotatable bonds is 5. The third-order valence-electron chi connectivity index (χ3n) is 3.04. The number of benzene rings is 1. The summed E-state index contributed by atoms with van der Waals surface area (Å²) in [6.45, 7) is -0.374. The summed E-state index contributed by atoms with van der Waals surface area (Å²) in [5.74, 6) is -0.377. The Kier molecular flexibility index (Phi) is 5.59. The summed E-state index contributed by atoms with van der Waals surface area (Å²) >= 11 is 0.795. The van der Waals surface area contributed by atoms with Gasteiger partial charge in [0.2, 0.25) is 0 Å². The Bertz CT molecular complexity index is 678. The molecule has 120 valence electrons. The number of allylic oxidation sites excluding steroid dienone is 2. The van der Waals surface area contributed by atoms with E-state index >= 15 is 0 Å². The van der Waals surface area contributed by atoms with Gasteiger partial charge < -0.3 is 9.47 Å². The molecule has 1 aliphatic heterocycles. The summed E-state index contributed by atoms with van der Waals surface area (Å²) in [7, 11) is 2.80. The number of esters is 1. The predicted octanol–water partition coefficient (Wildman–Crippen LogP) is 2.46. The van der Waals surface area contributed by atoms with Gasteiger partial charge in [-0.2, -0.15) is 0 Å². The molecule has 0 unspecified atom stereocenters. The lowest BCUT2D eigenvalue weighted by Gasteiger charge is -2.09. The van der Waals surface area contributed by atoms with Crippen molar-refractivity contribution in [1.82, 2.24) is 4.90 Å². The van der Waals surface area contributed by atoms with Crippen molar-refractivity contribution in [1.29, 1.82) is 0 Å². The lowest BCUT2D eigenvalue weighted by molar-refractivity contribution is -0.143. The molecule has 7 heteroatoms. The van der Waals surface area contributed by atoms with Gasteiger partial charge in [0.05, 0.1) is 19.1 Å². The highest BCUT2D eigenvalue weighted by Gasteiger charge is 2.36. The molecule has 1 aromatic rings. The number of ether oxygens (including phenoxy) is 2. The normalized spacial score (nSPS) is 16.4. The van der Waals surface area contributed by atoms with E-state index in [1.54, 1.807) is 25.3 Å². The van der Waals surface area contributed by atoms with Gasteiger partial charge in [-0.15, -0.1) is 0 Å². The largest absolute Gasteiger partial charge is 0.497 e. The van der Waals surface area contributed by atoms with Crippen LogP contribution in [0.25, 0.3) is 6.08 Å². The fraction of sp³-hybridized carbons (Fsp3) is 0.188. The van der Waals surface area contributed by atoms with E-state index in [1.807, 2.05) is 24.3 Å². The van der Waals surface area contributed by atoms with Crippen molar-refractivity contribution in [2.75, 3.05) is 20.8 Å². The van der Waals surface area contributed by atoms with Gasteiger partial charge in [0.1, 0.15) is 12.3 Å². The van der Waals surface area contributed by atoms with Crippen molar-refractivity contribution in [3.63, 3.8) is 0 Å². The van der Waals surface area contributed by atoms with E-state index < -0.39 is 17.1 Å². The molecule has 1 heterocycles. The van der Waals surface area contributed by atoms with Crippen molar-refractivity contribution in [2.45, 2.75) is 0 Å². The molecule has 2 amide bonds. The van der Waals surface area contributed by atoms with Crippen molar-refractivity contribution >= 4 is 35.0 Å². The Morgan fingerprint density at radius 2 is 1.91 bits per heavy atom. The molecule has 1 aromatic carbocycles. The van der Waals surface area contributed by atoms with E-state index in [1.165, 1.54) is 7.11 Å². The molecule has 1 fully saturated rings. The summed E-state index contributed by atoms with van der Waals surface area (Å²) in [4.78, 5) is 36.1. The lowest BCUT2D eigenvalue weighted by atomic mass is 10.2. The van der Waals surface area contributed by atoms with Gasteiger partial charge in [-0.05, 0) is 35.5 Å². The first-order valence-corrected chi connectivity index (χ1v) is 7.49.